The van der Waals surface area contributed by atoms with Crippen molar-refractivity contribution in [3.63, 3.8) is 0 Å². The van der Waals surface area contributed by atoms with Gasteiger partial charge in [-0.05, 0) is 63.2 Å². The Morgan fingerprint density at radius 2 is 1.89 bits per heavy atom. The standard InChI is InChI=1S/C21H34N4O2/c1-16(2)18(24-10-4-5-11-24)15-23-20(26)25-12-8-21(27,9-13-25)19-7-6-17(3)14-22-19/h6-7,14,16,18,27H,4-5,8-13,15H2,1-3H3,(H,23,26)/t18-/m1/s1. The van der Waals surface area contributed by atoms with Crippen molar-refractivity contribution >= 4 is 6.03 Å². The minimum atomic E-state index is -0.930. The normalized spacial score (nSPS) is 21.4. The molecule has 3 rings (SSSR count). The first-order valence-electron chi connectivity index (χ1n) is 10.3. The first kappa shape index (κ1) is 20.1. The van der Waals surface area contributed by atoms with Crippen LogP contribution in [-0.4, -0.2) is 64.7 Å². The second-order valence-electron chi connectivity index (χ2n) is 8.48. The zero-order chi connectivity index (χ0) is 19.4. The number of likely N-dealkylation sites (tertiary alicyclic amines) is 2. The number of hydrogen-bond acceptors (Lipinski definition) is 4. The second-order valence-corrected chi connectivity index (χ2v) is 8.48. The van der Waals surface area contributed by atoms with Crippen molar-refractivity contribution in [1.82, 2.24) is 20.1 Å². The van der Waals surface area contributed by atoms with Gasteiger partial charge < -0.3 is 15.3 Å². The molecule has 0 radical (unpaired) electrons. The van der Waals surface area contributed by atoms with Crippen LogP contribution < -0.4 is 5.32 Å². The fourth-order valence-corrected chi connectivity index (χ4v) is 4.24. The molecule has 2 saturated heterocycles. The maximum Gasteiger partial charge on any atom is 0.317 e. The molecule has 0 spiro atoms. The number of carbonyl (C=O) groups is 1. The molecule has 6 nitrogen and oxygen atoms in total. The van der Waals surface area contributed by atoms with E-state index in [9.17, 15) is 9.90 Å². The highest BCUT2D eigenvalue weighted by Crippen LogP contribution is 2.31. The number of rotatable bonds is 5. The van der Waals surface area contributed by atoms with E-state index in [1.54, 1.807) is 6.20 Å². The van der Waals surface area contributed by atoms with Crippen LogP contribution in [-0.2, 0) is 5.60 Å². The van der Waals surface area contributed by atoms with E-state index in [0.29, 0.717) is 50.1 Å². The molecule has 27 heavy (non-hydrogen) atoms. The molecule has 1 aromatic heterocycles. The number of aryl methyl sites for hydroxylation is 1. The number of urea groups is 1. The van der Waals surface area contributed by atoms with Crippen LogP contribution >= 0.6 is 0 Å². The van der Waals surface area contributed by atoms with E-state index in [1.807, 2.05) is 24.0 Å². The molecule has 0 saturated carbocycles. The summed E-state index contributed by atoms with van der Waals surface area (Å²) in [5.74, 6) is 0.516. The zero-order valence-corrected chi connectivity index (χ0v) is 16.9. The third-order valence-electron chi connectivity index (χ3n) is 6.11. The van der Waals surface area contributed by atoms with Crippen molar-refractivity contribution < 1.29 is 9.90 Å². The Hall–Kier alpha value is -1.66. The number of aliphatic hydroxyl groups is 1. The lowest BCUT2D eigenvalue weighted by molar-refractivity contribution is -0.0205. The van der Waals surface area contributed by atoms with Crippen molar-refractivity contribution in [3.05, 3.63) is 29.6 Å². The number of carbonyl (C=O) groups excluding carboxylic acids is 1. The molecule has 0 aliphatic carbocycles. The Morgan fingerprint density at radius 3 is 2.44 bits per heavy atom. The van der Waals surface area contributed by atoms with Crippen LogP contribution in [0.2, 0.25) is 0 Å². The van der Waals surface area contributed by atoms with Crippen molar-refractivity contribution in [2.45, 2.75) is 58.1 Å². The van der Waals surface area contributed by atoms with E-state index in [0.717, 1.165) is 18.7 Å². The largest absolute Gasteiger partial charge is 0.383 e. The summed E-state index contributed by atoms with van der Waals surface area (Å²) < 4.78 is 0. The molecule has 150 valence electrons. The molecule has 3 heterocycles. The molecule has 0 bridgehead atoms. The summed E-state index contributed by atoms with van der Waals surface area (Å²) in [6, 6.07) is 4.26. The summed E-state index contributed by atoms with van der Waals surface area (Å²) in [6.07, 6.45) is 5.35. The fraction of sp³-hybridized carbons (Fsp3) is 0.714. The van der Waals surface area contributed by atoms with Crippen LogP contribution in [0, 0.1) is 12.8 Å². The van der Waals surface area contributed by atoms with E-state index in [4.69, 9.17) is 0 Å². The maximum atomic E-state index is 12.6. The van der Waals surface area contributed by atoms with Crippen molar-refractivity contribution in [1.29, 1.82) is 0 Å². The Bertz CT molecular complexity index is 618. The molecule has 2 aliphatic rings. The summed E-state index contributed by atoms with van der Waals surface area (Å²) in [6.45, 7) is 10.5. The van der Waals surface area contributed by atoms with Gasteiger partial charge in [-0.3, -0.25) is 9.88 Å². The van der Waals surface area contributed by atoms with E-state index < -0.39 is 5.60 Å². The van der Waals surface area contributed by atoms with Crippen molar-refractivity contribution in [3.8, 4) is 0 Å². The number of nitrogens with zero attached hydrogens (tertiary/aromatic N) is 3. The van der Waals surface area contributed by atoms with Crippen molar-refractivity contribution in [2.24, 2.45) is 5.92 Å². The van der Waals surface area contributed by atoms with E-state index >= 15 is 0 Å². The summed E-state index contributed by atoms with van der Waals surface area (Å²) in [4.78, 5) is 21.3. The van der Waals surface area contributed by atoms with Gasteiger partial charge in [0.1, 0.15) is 5.60 Å². The Morgan fingerprint density at radius 1 is 1.22 bits per heavy atom. The Labute approximate surface area is 163 Å². The molecule has 0 aromatic carbocycles. The molecule has 2 amide bonds. The number of hydrogen-bond donors (Lipinski definition) is 2. The number of nitrogens with one attached hydrogen (secondary N) is 1. The molecule has 1 aromatic rings. The lowest BCUT2D eigenvalue weighted by Gasteiger charge is -2.38. The van der Waals surface area contributed by atoms with Gasteiger partial charge in [0.05, 0.1) is 5.69 Å². The predicted octanol–water partition coefficient (Wildman–Crippen LogP) is 2.50. The van der Waals surface area contributed by atoms with Crippen LogP contribution in [0.25, 0.3) is 0 Å². The monoisotopic (exact) mass is 374 g/mol. The average molecular weight is 375 g/mol. The highest BCUT2D eigenvalue weighted by atomic mass is 16.3. The Kier molecular flexibility index (Phi) is 6.37. The van der Waals surface area contributed by atoms with Crippen LogP contribution in [0.4, 0.5) is 4.79 Å². The second kappa shape index (κ2) is 8.57. The predicted molar refractivity (Wildman–Crippen MR) is 107 cm³/mol. The van der Waals surface area contributed by atoms with E-state index in [2.05, 4.69) is 29.0 Å². The maximum absolute atomic E-state index is 12.6. The van der Waals surface area contributed by atoms with Crippen molar-refractivity contribution in [2.75, 3.05) is 32.7 Å². The van der Waals surface area contributed by atoms with Gasteiger partial charge in [0.25, 0.3) is 0 Å². The lowest BCUT2D eigenvalue weighted by atomic mass is 9.87. The van der Waals surface area contributed by atoms with Crippen LogP contribution in [0.5, 0.6) is 0 Å². The fourth-order valence-electron chi connectivity index (χ4n) is 4.24. The van der Waals surface area contributed by atoms with Gasteiger partial charge in [0.2, 0.25) is 0 Å². The third-order valence-corrected chi connectivity index (χ3v) is 6.11. The summed E-state index contributed by atoms with van der Waals surface area (Å²) >= 11 is 0. The summed E-state index contributed by atoms with van der Waals surface area (Å²) in [7, 11) is 0. The summed E-state index contributed by atoms with van der Waals surface area (Å²) in [5.41, 5.74) is 0.861. The van der Waals surface area contributed by atoms with Crippen LogP contribution in [0.15, 0.2) is 18.3 Å². The van der Waals surface area contributed by atoms with Gasteiger partial charge in [-0.1, -0.05) is 19.9 Å². The smallest absolute Gasteiger partial charge is 0.317 e. The molecule has 6 heteroatoms. The quantitative estimate of drug-likeness (QED) is 0.831. The van der Waals surface area contributed by atoms with Crippen LogP contribution in [0.1, 0.15) is 50.8 Å². The average Bonchev–Trinajstić information content (AvgIpc) is 3.17. The molecule has 2 N–H and O–H groups in total. The molecular weight excluding hydrogens is 340 g/mol. The van der Waals surface area contributed by atoms with Gasteiger partial charge in [-0.2, -0.15) is 0 Å². The van der Waals surface area contributed by atoms with Gasteiger partial charge >= 0.3 is 6.03 Å². The summed E-state index contributed by atoms with van der Waals surface area (Å²) in [5, 5.41) is 14.1. The van der Waals surface area contributed by atoms with Gasteiger partial charge in [-0.25, -0.2) is 4.79 Å². The van der Waals surface area contributed by atoms with Gasteiger partial charge in [-0.15, -0.1) is 0 Å². The van der Waals surface area contributed by atoms with Gasteiger partial charge in [0, 0.05) is 31.9 Å². The minimum Gasteiger partial charge on any atom is -0.383 e. The van der Waals surface area contributed by atoms with E-state index in [-0.39, 0.29) is 6.03 Å². The third kappa shape index (κ3) is 4.79. The highest BCUT2D eigenvalue weighted by Gasteiger charge is 2.36. The number of aromatic nitrogens is 1. The molecule has 1 atom stereocenters. The van der Waals surface area contributed by atoms with E-state index in [1.165, 1.54) is 12.8 Å². The highest BCUT2D eigenvalue weighted by molar-refractivity contribution is 5.74. The number of pyridine rings is 1. The number of amides is 2. The first-order chi connectivity index (χ1) is 12.9. The number of piperidine rings is 1. The first-order valence-corrected chi connectivity index (χ1v) is 10.3. The SMILES string of the molecule is Cc1ccc(C2(O)CCN(C(=O)NC[C@H](C(C)C)N3CCCC3)CC2)nc1. The minimum absolute atomic E-state index is 0.0150. The lowest BCUT2D eigenvalue weighted by Crippen LogP contribution is -2.52. The molecule has 0 unspecified atom stereocenters. The Balaban J connectivity index is 1.51. The zero-order valence-electron chi connectivity index (χ0n) is 16.9. The molecular formula is C21H34N4O2. The molecule has 2 aliphatic heterocycles. The molecule has 2 fully saturated rings. The topological polar surface area (TPSA) is 68.7 Å². The van der Waals surface area contributed by atoms with Gasteiger partial charge in [0.15, 0.2) is 0 Å². The van der Waals surface area contributed by atoms with Crippen LogP contribution in [0.3, 0.4) is 0 Å².